The largest absolute Gasteiger partial charge is 0.465 e. The lowest BCUT2D eigenvalue weighted by Gasteiger charge is -2.21. The average Bonchev–Trinajstić information content (AvgIpc) is 2.29. The molecule has 86 valence electrons. The molecule has 1 rings (SSSR count). The van der Waals surface area contributed by atoms with Crippen molar-refractivity contribution in [2.24, 2.45) is 0 Å². The lowest BCUT2D eigenvalue weighted by molar-refractivity contribution is -0.148. The highest BCUT2D eigenvalue weighted by molar-refractivity contribution is 5.81. The monoisotopic (exact) mass is 219 g/mol. The first-order valence-electron chi connectivity index (χ1n) is 5.29. The van der Waals surface area contributed by atoms with Crippen molar-refractivity contribution in [3.8, 4) is 0 Å². The van der Waals surface area contributed by atoms with Gasteiger partial charge in [-0.25, -0.2) is 0 Å². The molecule has 3 nitrogen and oxygen atoms in total. The lowest BCUT2D eigenvalue weighted by atomic mass is 9.89. The summed E-state index contributed by atoms with van der Waals surface area (Å²) < 4.78 is 5.03. The zero-order valence-corrected chi connectivity index (χ0v) is 9.99. The van der Waals surface area contributed by atoms with E-state index in [0.717, 1.165) is 5.69 Å². The summed E-state index contributed by atoms with van der Waals surface area (Å²) in [6.45, 7) is 9.44. The Hall–Kier alpha value is -1.64. The second-order valence-electron chi connectivity index (χ2n) is 4.00. The van der Waals surface area contributed by atoms with E-state index < -0.39 is 5.41 Å². The van der Waals surface area contributed by atoms with E-state index in [4.69, 9.17) is 4.74 Å². The van der Waals surface area contributed by atoms with Crippen LogP contribution in [0.25, 0.3) is 6.08 Å². The van der Waals surface area contributed by atoms with E-state index in [1.54, 1.807) is 26.8 Å². The van der Waals surface area contributed by atoms with Crippen LogP contribution in [0.3, 0.4) is 0 Å². The maximum Gasteiger partial charge on any atom is 0.317 e. The van der Waals surface area contributed by atoms with Gasteiger partial charge in [0.1, 0.15) is 5.41 Å². The number of pyridine rings is 1. The van der Waals surface area contributed by atoms with Crippen molar-refractivity contribution in [1.82, 2.24) is 4.98 Å². The van der Waals surface area contributed by atoms with Crippen LogP contribution in [-0.2, 0) is 14.9 Å². The predicted molar refractivity (Wildman–Crippen MR) is 64.0 cm³/mol. The smallest absolute Gasteiger partial charge is 0.317 e. The van der Waals surface area contributed by atoms with Gasteiger partial charge in [0.05, 0.1) is 18.0 Å². The molecular weight excluding hydrogens is 202 g/mol. The van der Waals surface area contributed by atoms with Crippen LogP contribution in [0, 0.1) is 0 Å². The van der Waals surface area contributed by atoms with Crippen LogP contribution in [0.15, 0.2) is 24.8 Å². The Morgan fingerprint density at radius 2 is 2.25 bits per heavy atom. The summed E-state index contributed by atoms with van der Waals surface area (Å²) in [5.41, 5.74) is 0.730. The Labute approximate surface area is 96.2 Å². The molecule has 0 aliphatic carbocycles. The van der Waals surface area contributed by atoms with Crippen LogP contribution < -0.4 is 0 Å². The van der Waals surface area contributed by atoms with E-state index in [0.29, 0.717) is 12.3 Å². The summed E-state index contributed by atoms with van der Waals surface area (Å²) in [7, 11) is 0. The number of rotatable bonds is 4. The second-order valence-corrected chi connectivity index (χ2v) is 4.00. The van der Waals surface area contributed by atoms with Crippen LogP contribution >= 0.6 is 0 Å². The Bertz CT molecular complexity index is 397. The van der Waals surface area contributed by atoms with Gasteiger partial charge in [-0.3, -0.25) is 9.78 Å². The molecule has 0 N–H and O–H groups in total. The summed E-state index contributed by atoms with van der Waals surface area (Å²) in [6, 6.07) is 5.53. The molecule has 1 heterocycles. The van der Waals surface area contributed by atoms with E-state index in [9.17, 15) is 4.79 Å². The molecule has 0 bridgehead atoms. The van der Waals surface area contributed by atoms with Crippen LogP contribution in [0.2, 0.25) is 0 Å². The third-order valence-electron chi connectivity index (χ3n) is 2.41. The lowest BCUT2D eigenvalue weighted by Crippen LogP contribution is -2.32. The number of hydrogen-bond acceptors (Lipinski definition) is 3. The van der Waals surface area contributed by atoms with Crippen molar-refractivity contribution >= 4 is 12.0 Å². The zero-order chi connectivity index (χ0) is 12.2. The fraction of sp³-hybridized carbons (Fsp3) is 0.385. The maximum atomic E-state index is 11.8. The first-order valence-corrected chi connectivity index (χ1v) is 5.29. The minimum Gasteiger partial charge on any atom is -0.465 e. The first kappa shape index (κ1) is 12.4. The van der Waals surface area contributed by atoms with Crippen LogP contribution in [-0.4, -0.2) is 17.6 Å². The van der Waals surface area contributed by atoms with Crippen molar-refractivity contribution in [3.63, 3.8) is 0 Å². The molecule has 0 spiro atoms. The number of carbonyl (C=O) groups is 1. The standard InChI is InChI=1S/C13H17NO2/c1-5-10-8-7-9-11(14-10)13(3,4)12(15)16-6-2/h5,7-9H,1,6H2,2-4H3. The van der Waals surface area contributed by atoms with E-state index in [1.807, 2.05) is 18.2 Å². The summed E-state index contributed by atoms with van der Waals surface area (Å²) in [5, 5.41) is 0. The van der Waals surface area contributed by atoms with Crippen molar-refractivity contribution < 1.29 is 9.53 Å². The summed E-state index contributed by atoms with van der Waals surface area (Å²) >= 11 is 0. The van der Waals surface area contributed by atoms with Gasteiger partial charge in [0.2, 0.25) is 0 Å². The van der Waals surface area contributed by atoms with Gasteiger partial charge in [0.25, 0.3) is 0 Å². The van der Waals surface area contributed by atoms with E-state index in [-0.39, 0.29) is 5.97 Å². The molecule has 0 atom stereocenters. The van der Waals surface area contributed by atoms with E-state index >= 15 is 0 Å². The first-order chi connectivity index (χ1) is 7.52. The molecule has 0 aliphatic heterocycles. The van der Waals surface area contributed by atoms with Crippen LogP contribution in [0.5, 0.6) is 0 Å². The molecule has 0 aromatic carbocycles. The van der Waals surface area contributed by atoms with Crippen molar-refractivity contribution in [1.29, 1.82) is 0 Å². The van der Waals surface area contributed by atoms with Gasteiger partial charge in [0, 0.05) is 0 Å². The summed E-state index contributed by atoms with van der Waals surface area (Å²) in [6.07, 6.45) is 1.66. The molecule has 0 aliphatic rings. The summed E-state index contributed by atoms with van der Waals surface area (Å²) in [5.74, 6) is -0.260. The average molecular weight is 219 g/mol. The van der Waals surface area contributed by atoms with Gasteiger partial charge in [-0.2, -0.15) is 0 Å². The van der Waals surface area contributed by atoms with Crippen molar-refractivity contribution in [2.75, 3.05) is 6.61 Å². The van der Waals surface area contributed by atoms with Crippen LogP contribution in [0.1, 0.15) is 32.2 Å². The number of esters is 1. The topological polar surface area (TPSA) is 39.2 Å². The van der Waals surface area contributed by atoms with Gasteiger partial charge < -0.3 is 4.74 Å². The minimum atomic E-state index is -0.727. The molecule has 1 aromatic rings. The molecule has 0 saturated carbocycles. The number of aromatic nitrogens is 1. The quantitative estimate of drug-likeness (QED) is 0.730. The van der Waals surface area contributed by atoms with Crippen molar-refractivity contribution in [2.45, 2.75) is 26.2 Å². The molecular formula is C13H17NO2. The van der Waals surface area contributed by atoms with Gasteiger partial charge >= 0.3 is 5.97 Å². The van der Waals surface area contributed by atoms with Crippen LogP contribution in [0.4, 0.5) is 0 Å². The number of hydrogen-bond donors (Lipinski definition) is 0. The predicted octanol–water partition coefficient (Wildman–Crippen LogP) is 2.57. The zero-order valence-electron chi connectivity index (χ0n) is 9.99. The fourth-order valence-corrected chi connectivity index (χ4v) is 1.33. The van der Waals surface area contributed by atoms with Crippen molar-refractivity contribution in [3.05, 3.63) is 36.2 Å². The SMILES string of the molecule is C=Cc1cccc(C(C)(C)C(=O)OCC)n1. The molecule has 0 radical (unpaired) electrons. The fourth-order valence-electron chi connectivity index (χ4n) is 1.33. The van der Waals surface area contributed by atoms with Gasteiger partial charge in [-0.15, -0.1) is 0 Å². The van der Waals surface area contributed by atoms with E-state index in [1.165, 1.54) is 0 Å². The summed E-state index contributed by atoms with van der Waals surface area (Å²) in [4.78, 5) is 16.1. The molecule has 3 heteroatoms. The van der Waals surface area contributed by atoms with Gasteiger partial charge in [-0.1, -0.05) is 12.6 Å². The highest BCUT2D eigenvalue weighted by Gasteiger charge is 2.32. The van der Waals surface area contributed by atoms with Gasteiger partial charge in [-0.05, 0) is 39.0 Å². The minimum absolute atomic E-state index is 0.260. The Morgan fingerprint density at radius 1 is 1.56 bits per heavy atom. The molecule has 1 aromatic heterocycles. The second kappa shape index (κ2) is 4.92. The highest BCUT2D eigenvalue weighted by atomic mass is 16.5. The molecule has 0 amide bonds. The third-order valence-corrected chi connectivity index (χ3v) is 2.41. The van der Waals surface area contributed by atoms with Gasteiger partial charge in [0.15, 0.2) is 0 Å². The highest BCUT2D eigenvalue weighted by Crippen LogP contribution is 2.23. The maximum absolute atomic E-state index is 11.8. The normalized spacial score (nSPS) is 10.9. The number of ether oxygens (including phenoxy) is 1. The molecule has 0 saturated heterocycles. The number of nitrogens with zero attached hydrogens (tertiary/aromatic N) is 1. The third kappa shape index (κ3) is 2.48. The van der Waals surface area contributed by atoms with E-state index in [2.05, 4.69) is 11.6 Å². The molecule has 0 fully saturated rings. The molecule has 16 heavy (non-hydrogen) atoms. The molecule has 0 unspecified atom stereocenters. The number of carbonyl (C=O) groups excluding carboxylic acids is 1. The Balaban J connectivity index is 3.05. The Morgan fingerprint density at radius 3 is 2.81 bits per heavy atom. The Kier molecular flexibility index (Phi) is 3.82.